The zero-order valence-electron chi connectivity index (χ0n) is 9.70. The average molecular weight is 224 g/mol. The van der Waals surface area contributed by atoms with Crippen molar-refractivity contribution in [3.05, 3.63) is 35.6 Å². The highest BCUT2D eigenvalue weighted by atomic mass is 19.1. The Labute approximate surface area is 95.4 Å². The van der Waals surface area contributed by atoms with E-state index in [1.165, 1.54) is 12.1 Å². The summed E-state index contributed by atoms with van der Waals surface area (Å²) in [6.07, 6.45) is 1.58. The number of ether oxygens (including phenoxy) is 1. The fraction of sp³-hybridized carbons (Fsp3) is 0.462. The Morgan fingerprint density at radius 2 is 1.81 bits per heavy atom. The van der Waals surface area contributed by atoms with Crippen LogP contribution in [0.1, 0.15) is 32.3 Å². The summed E-state index contributed by atoms with van der Waals surface area (Å²) in [5.74, 6) is -0.482. The summed E-state index contributed by atoms with van der Waals surface area (Å²) in [6, 6.07) is 5.96. The predicted octanol–water partition coefficient (Wildman–Crippen LogP) is 3.31. The largest absolute Gasteiger partial charge is 0.461 e. The van der Waals surface area contributed by atoms with Crippen molar-refractivity contribution in [3.63, 3.8) is 0 Å². The van der Waals surface area contributed by atoms with E-state index in [-0.39, 0.29) is 24.3 Å². The predicted molar refractivity (Wildman–Crippen MR) is 60.3 cm³/mol. The van der Waals surface area contributed by atoms with Crippen LogP contribution in [0.25, 0.3) is 0 Å². The van der Waals surface area contributed by atoms with E-state index in [2.05, 4.69) is 0 Å². The van der Waals surface area contributed by atoms with Crippen LogP contribution in [0.4, 0.5) is 4.39 Å². The first-order valence-electron chi connectivity index (χ1n) is 5.58. The molecule has 0 aromatic heterocycles. The van der Waals surface area contributed by atoms with Gasteiger partial charge in [0.1, 0.15) is 12.4 Å². The molecule has 0 aliphatic carbocycles. The van der Waals surface area contributed by atoms with Crippen LogP contribution in [0.5, 0.6) is 0 Å². The van der Waals surface area contributed by atoms with Crippen LogP contribution in [0.2, 0.25) is 0 Å². The van der Waals surface area contributed by atoms with Crippen LogP contribution in [0, 0.1) is 11.7 Å². The Hall–Kier alpha value is -1.38. The normalized spacial score (nSPS) is 10.5. The third kappa shape index (κ3) is 3.65. The number of esters is 1. The molecule has 0 saturated heterocycles. The minimum Gasteiger partial charge on any atom is -0.461 e. The molecule has 0 N–H and O–H groups in total. The second-order valence-corrected chi connectivity index (χ2v) is 3.75. The van der Waals surface area contributed by atoms with Gasteiger partial charge < -0.3 is 4.74 Å². The van der Waals surface area contributed by atoms with E-state index in [4.69, 9.17) is 4.74 Å². The molecule has 2 nitrogen and oxygen atoms in total. The number of hydrogen-bond donors (Lipinski definition) is 0. The van der Waals surface area contributed by atoms with Gasteiger partial charge in [-0.2, -0.15) is 0 Å². The molecule has 0 atom stereocenters. The first kappa shape index (κ1) is 12.7. The van der Waals surface area contributed by atoms with Gasteiger partial charge in [-0.1, -0.05) is 26.0 Å². The summed E-state index contributed by atoms with van der Waals surface area (Å²) in [6.45, 7) is 4.15. The lowest BCUT2D eigenvalue weighted by molar-refractivity contribution is -0.150. The summed E-state index contributed by atoms with van der Waals surface area (Å²) >= 11 is 0. The van der Waals surface area contributed by atoms with E-state index in [0.717, 1.165) is 18.4 Å². The van der Waals surface area contributed by atoms with Gasteiger partial charge >= 0.3 is 5.97 Å². The monoisotopic (exact) mass is 224 g/mol. The van der Waals surface area contributed by atoms with Gasteiger partial charge in [-0.25, -0.2) is 4.39 Å². The first-order valence-corrected chi connectivity index (χ1v) is 5.58. The van der Waals surface area contributed by atoms with Crippen molar-refractivity contribution in [1.29, 1.82) is 0 Å². The Kier molecular flexibility index (Phi) is 4.96. The van der Waals surface area contributed by atoms with Crippen LogP contribution in [-0.4, -0.2) is 5.97 Å². The number of hydrogen-bond acceptors (Lipinski definition) is 2. The van der Waals surface area contributed by atoms with Crippen molar-refractivity contribution in [2.24, 2.45) is 5.92 Å². The molecule has 0 aliphatic heterocycles. The fourth-order valence-electron chi connectivity index (χ4n) is 1.47. The van der Waals surface area contributed by atoms with Gasteiger partial charge in [0.05, 0.1) is 5.92 Å². The van der Waals surface area contributed by atoms with Crippen molar-refractivity contribution in [3.8, 4) is 0 Å². The minimum absolute atomic E-state index is 0.0274. The van der Waals surface area contributed by atoms with Crippen LogP contribution < -0.4 is 0 Å². The van der Waals surface area contributed by atoms with Gasteiger partial charge in [-0.05, 0) is 30.5 Å². The molecule has 88 valence electrons. The Morgan fingerprint density at radius 1 is 1.25 bits per heavy atom. The maximum atomic E-state index is 12.6. The van der Waals surface area contributed by atoms with E-state index in [1.807, 2.05) is 13.8 Å². The second kappa shape index (κ2) is 6.26. The summed E-state index contributed by atoms with van der Waals surface area (Å²) in [5, 5.41) is 0. The molecule has 0 spiro atoms. The molecule has 0 aliphatic rings. The maximum Gasteiger partial charge on any atom is 0.309 e. The Morgan fingerprint density at radius 3 is 2.31 bits per heavy atom. The van der Waals surface area contributed by atoms with E-state index in [1.54, 1.807) is 12.1 Å². The first-order chi connectivity index (χ1) is 7.67. The highest BCUT2D eigenvalue weighted by Crippen LogP contribution is 2.11. The third-order valence-electron chi connectivity index (χ3n) is 2.61. The average Bonchev–Trinajstić information content (AvgIpc) is 2.30. The van der Waals surface area contributed by atoms with Crippen LogP contribution in [0.15, 0.2) is 24.3 Å². The van der Waals surface area contributed by atoms with Gasteiger partial charge in [0.15, 0.2) is 0 Å². The fourth-order valence-corrected chi connectivity index (χ4v) is 1.47. The molecule has 1 aromatic carbocycles. The summed E-state index contributed by atoms with van der Waals surface area (Å²) < 4.78 is 17.8. The molecule has 1 rings (SSSR count). The Balaban J connectivity index is 2.45. The lowest BCUT2D eigenvalue weighted by atomic mass is 10.0. The number of carbonyl (C=O) groups excluding carboxylic acids is 1. The van der Waals surface area contributed by atoms with E-state index < -0.39 is 0 Å². The van der Waals surface area contributed by atoms with Crippen molar-refractivity contribution in [1.82, 2.24) is 0 Å². The highest BCUT2D eigenvalue weighted by molar-refractivity contribution is 5.72. The molecule has 0 heterocycles. The van der Waals surface area contributed by atoms with Crippen LogP contribution >= 0.6 is 0 Å². The molecule has 0 saturated carbocycles. The van der Waals surface area contributed by atoms with Crippen LogP contribution in [0.3, 0.4) is 0 Å². The molecule has 1 aromatic rings. The molecular formula is C13H17FO2. The van der Waals surface area contributed by atoms with Crippen molar-refractivity contribution in [2.45, 2.75) is 33.3 Å². The van der Waals surface area contributed by atoms with Gasteiger partial charge in [-0.15, -0.1) is 0 Å². The second-order valence-electron chi connectivity index (χ2n) is 3.75. The molecular weight excluding hydrogens is 207 g/mol. The van der Waals surface area contributed by atoms with Gasteiger partial charge in [0.2, 0.25) is 0 Å². The Bertz CT molecular complexity index is 328. The minimum atomic E-state index is -0.282. The maximum absolute atomic E-state index is 12.6. The highest BCUT2D eigenvalue weighted by Gasteiger charge is 2.15. The number of rotatable bonds is 5. The topological polar surface area (TPSA) is 26.3 Å². The van der Waals surface area contributed by atoms with E-state index >= 15 is 0 Å². The smallest absolute Gasteiger partial charge is 0.309 e. The van der Waals surface area contributed by atoms with Gasteiger partial charge in [0.25, 0.3) is 0 Å². The summed E-state index contributed by atoms with van der Waals surface area (Å²) in [5.41, 5.74) is 0.806. The van der Waals surface area contributed by atoms with E-state index in [9.17, 15) is 9.18 Å². The molecule has 16 heavy (non-hydrogen) atoms. The molecule has 0 radical (unpaired) electrons. The molecule has 0 amide bonds. The van der Waals surface area contributed by atoms with Gasteiger partial charge in [-0.3, -0.25) is 4.79 Å². The van der Waals surface area contributed by atoms with Crippen molar-refractivity contribution >= 4 is 5.97 Å². The zero-order chi connectivity index (χ0) is 12.0. The van der Waals surface area contributed by atoms with Crippen molar-refractivity contribution < 1.29 is 13.9 Å². The number of benzene rings is 1. The SMILES string of the molecule is CCC(CC)C(=O)OCc1ccc(F)cc1. The molecule has 0 fully saturated rings. The van der Waals surface area contributed by atoms with Crippen LogP contribution in [-0.2, 0) is 16.1 Å². The standard InChI is InChI=1S/C13H17FO2/c1-3-11(4-2)13(15)16-9-10-5-7-12(14)8-6-10/h5-8,11H,3-4,9H2,1-2H3. The lowest BCUT2D eigenvalue weighted by Gasteiger charge is -2.11. The lowest BCUT2D eigenvalue weighted by Crippen LogP contribution is -2.16. The quantitative estimate of drug-likeness (QED) is 0.717. The summed E-state index contributed by atoms with van der Waals surface area (Å²) in [4.78, 5) is 11.5. The summed E-state index contributed by atoms with van der Waals surface area (Å²) in [7, 11) is 0. The van der Waals surface area contributed by atoms with E-state index in [0.29, 0.717) is 0 Å². The molecule has 0 unspecified atom stereocenters. The number of carbonyl (C=O) groups is 1. The molecule has 0 bridgehead atoms. The van der Waals surface area contributed by atoms with Gasteiger partial charge in [0, 0.05) is 0 Å². The van der Waals surface area contributed by atoms with Crippen molar-refractivity contribution in [2.75, 3.05) is 0 Å². The third-order valence-corrected chi connectivity index (χ3v) is 2.61. The molecule has 3 heteroatoms. The zero-order valence-corrected chi connectivity index (χ0v) is 9.70. The number of halogens is 1.